The molecule has 1 aromatic carbocycles. The van der Waals surface area contributed by atoms with Gasteiger partial charge < -0.3 is 0 Å². The number of amides is 3. The molecule has 1 aliphatic heterocycles. The molecule has 0 bridgehead atoms. The number of carbonyl (C=O) groups is 3. The molecule has 0 unspecified atom stereocenters. The average Bonchev–Trinajstić information content (AvgIpc) is 2.92. The van der Waals surface area contributed by atoms with Crippen molar-refractivity contribution >= 4 is 39.5 Å². The van der Waals surface area contributed by atoms with Crippen molar-refractivity contribution in [3.05, 3.63) is 57.7 Å². The van der Waals surface area contributed by atoms with Gasteiger partial charge in [0.15, 0.2) is 0 Å². The number of rotatable bonds is 6. The molecule has 2 heterocycles. The molecule has 0 N–H and O–H groups in total. The minimum absolute atomic E-state index is 0.262. The van der Waals surface area contributed by atoms with Crippen molar-refractivity contribution in [2.24, 2.45) is 0 Å². The summed E-state index contributed by atoms with van der Waals surface area (Å²) >= 11 is 3.33. The smallest absolute Gasteiger partial charge is 0.261 e. The van der Waals surface area contributed by atoms with Crippen LogP contribution in [0.3, 0.4) is 0 Å². The van der Waals surface area contributed by atoms with E-state index in [1.54, 1.807) is 24.4 Å². The first-order valence-electron chi connectivity index (χ1n) is 8.91. The van der Waals surface area contributed by atoms with Gasteiger partial charge in [-0.3, -0.25) is 24.2 Å². The zero-order chi connectivity index (χ0) is 19.6. The molecule has 6 nitrogen and oxygen atoms in total. The van der Waals surface area contributed by atoms with E-state index < -0.39 is 0 Å². The zero-order valence-electron chi connectivity index (χ0n) is 15.2. The average molecular weight is 430 g/mol. The Kier molecular flexibility index (Phi) is 5.70. The number of benzene rings is 1. The van der Waals surface area contributed by atoms with E-state index in [0.29, 0.717) is 35.6 Å². The van der Waals surface area contributed by atoms with Crippen molar-refractivity contribution in [3.8, 4) is 0 Å². The zero-order valence-corrected chi connectivity index (χ0v) is 16.8. The monoisotopic (exact) mass is 429 g/mol. The lowest BCUT2D eigenvalue weighted by atomic mass is 10.0. The second-order valence-corrected chi connectivity index (χ2v) is 7.18. The number of unbranched alkanes of at least 4 members (excludes halogenated alkanes) is 1. The largest absolute Gasteiger partial charge is 0.293 e. The van der Waals surface area contributed by atoms with E-state index in [9.17, 15) is 14.4 Å². The van der Waals surface area contributed by atoms with E-state index >= 15 is 0 Å². The molecular formula is C20H20BrN3O3. The molecule has 7 heteroatoms. The molecule has 0 spiro atoms. The first-order chi connectivity index (χ1) is 13.0. The van der Waals surface area contributed by atoms with Crippen molar-refractivity contribution in [2.75, 3.05) is 18.0 Å². The van der Waals surface area contributed by atoms with Gasteiger partial charge in [-0.15, -0.1) is 0 Å². The van der Waals surface area contributed by atoms with Gasteiger partial charge in [0.2, 0.25) is 0 Å². The SMILES string of the molecule is CCCCN1C(=O)c2ccc(C(=O)N(CC)c3ccc(Br)cn3)cc2C1=O. The van der Waals surface area contributed by atoms with Gasteiger partial charge in [-0.25, -0.2) is 4.98 Å². The van der Waals surface area contributed by atoms with Crippen molar-refractivity contribution in [3.63, 3.8) is 0 Å². The van der Waals surface area contributed by atoms with E-state index in [1.165, 1.54) is 15.9 Å². The summed E-state index contributed by atoms with van der Waals surface area (Å²) in [5, 5.41) is 0. The maximum Gasteiger partial charge on any atom is 0.261 e. The highest BCUT2D eigenvalue weighted by Gasteiger charge is 2.35. The molecule has 1 aromatic heterocycles. The van der Waals surface area contributed by atoms with Crippen LogP contribution in [0.5, 0.6) is 0 Å². The van der Waals surface area contributed by atoms with Crippen LogP contribution in [0.4, 0.5) is 5.82 Å². The van der Waals surface area contributed by atoms with E-state index in [4.69, 9.17) is 0 Å². The van der Waals surface area contributed by atoms with Gasteiger partial charge in [0.1, 0.15) is 5.82 Å². The number of imide groups is 1. The van der Waals surface area contributed by atoms with E-state index in [0.717, 1.165) is 17.3 Å². The number of hydrogen-bond donors (Lipinski definition) is 0. The van der Waals surface area contributed by atoms with Crippen LogP contribution in [0.2, 0.25) is 0 Å². The lowest BCUT2D eigenvalue weighted by molar-refractivity contribution is 0.0652. The normalized spacial score (nSPS) is 13.1. The molecule has 0 fully saturated rings. The fourth-order valence-corrected chi connectivity index (χ4v) is 3.27. The molecule has 0 aliphatic carbocycles. The molecule has 1 aliphatic rings. The van der Waals surface area contributed by atoms with Crippen LogP contribution in [0.1, 0.15) is 57.8 Å². The third-order valence-corrected chi connectivity index (χ3v) is 4.97. The van der Waals surface area contributed by atoms with Crippen molar-refractivity contribution in [2.45, 2.75) is 26.7 Å². The molecule has 0 saturated heterocycles. The van der Waals surface area contributed by atoms with Gasteiger partial charge in [0.25, 0.3) is 17.7 Å². The lowest BCUT2D eigenvalue weighted by Crippen LogP contribution is -2.31. The summed E-state index contributed by atoms with van der Waals surface area (Å²) in [7, 11) is 0. The number of fused-ring (bicyclic) bond motifs is 1. The summed E-state index contributed by atoms with van der Waals surface area (Å²) in [6.07, 6.45) is 3.28. The molecule has 140 valence electrons. The number of halogens is 1. The second kappa shape index (κ2) is 8.00. The summed E-state index contributed by atoms with van der Waals surface area (Å²) in [5.74, 6) is -0.354. The third-order valence-electron chi connectivity index (χ3n) is 4.50. The Hall–Kier alpha value is -2.54. The Morgan fingerprint density at radius 3 is 2.48 bits per heavy atom. The standard InChI is InChI=1S/C20H20BrN3O3/c1-3-5-10-24-19(26)15-8-6-13(11-16(15)20(24)27)18(25)23(4-2)17-9-7-14(21)12-22-17/h6-9,11-12H,3-5,10H2,1-2H3. The highest BCUT2D eigenvalue weighted by atomic mass is 79.9. The Morgan fingerprint density at radius 1 is 1.11 bits per heavy atom. The number of anilines is 1. The quantitative estimate of drug-likeness (QED) is 0.652. The molecular weight excluding hydrogens is 410 g/mol. The minimum atomic E-state index is -0.331. The Bertz CT molecular complexity index is 896. The van der Waals surface area contributed by atoms with E-state index in [-0.39, 0.29) is 17.7 Å². The summed E-state index contributed by atoms with van der Waals surface area (Å²) in [5.41, 5.74) is 1.01. The van der Waals surface area contributed by atoms with Crippen LogP contribution in [-0.2, 0) is 0 Å². The number of pyridine rings is 1. The summed E-state index contributed by atoms with van der Waals surface area (Å²) < 4.78 is 0.823. The fourth-order valence-electron chi connectivity index (χ4n) is 3.04. The first-order valence-corrected chi connectivity index (χ1v) is 9.70. The Morgan fingerprint density at radius 2 is 1.85 bits per heavy atom. The van der Waals surface area contributed by atoms with Crippen LogP contribution in [0.15, 0.2) is 41.0 Å². The molecule has 0 saturated carbocycles. The van der Waals surface area contributed by atoms with E-state index in [2.05, 4.69) is 20.9 Å². The highest BCUT2D eigenvalue weighted by molar-refractivity contribution is 9.10. The van der Waals surface area contributed by atoms with Gasteiger partial charge in [0, 0.05) is 29.3 Å². The maximum absolute atomic E-state index is 13.0. The summed E-state index contributed by atoms with van der Waals surface area (Å²) in [6.45, 7) is 4.69. The number of hydrogen-bond acceptors (Lipinski definition) is 4. The fraction of sp³-hybridized carbons (Fsp3) is 0.300. The van der Waals surface area contributed by atoms with Gasteiger partial charge in [-0.1, -0.05) is 13.3 Å². The third kappa shape index (κ3) is 3.64. The van der Waals surface area contributed by atoms with Gasteiger partial charge in [-0.05, 0) is 59.6 Å². The van der Waals surface area contributed by atoms with Crippen LogP contribution < -0.4 is 4.90 Å². The number of aromatic nitrogens is 1. The Balaban J connectivity index is 1.90. The molecule has 27 heavy (non-hydrogen) atoms. The summed E-state index contributed by atoms with van der Waals surface area (Å²) in [6, 6.07) is 8.24. The molecule has 0 atom stereocenters. The minimum Gasteiger partial charge on any atom is -0.293 e. The van der Waals surface area contributed by atoms with Gasteiger partial charge in [0.05, 0.1) is 11.1 Å². The molecule has 3 rings (SSSR count). The van der Waals surface area contributed by atoms with Crippen LogP contribution in [0.25, 0.3) is 0 Å². The maximum atomic E-state index is 13.0. The molecule has 0 radical (unpaired) electrons. The van der Waals surface area contributed by atoms with Crippen LogP contribution in [-0.4, -0.2) is 40.7 Å². The molecule has 3 amide bonds. The predicted molar refractivity (Wildman–Crippen MR) is 106 cm³/mol. The van der Waals surface area contributed by atoms with Crippen molar-refractivity contribution < 1.29 is 14.4 Å². The second-order valence-electron chi connectivity index (χ2n) is 6.26. The van der Waals surface area contributed by atoms with Crippen molar-refractivity contribution in [1.82, 2.24) is 9.88 Å². The van der Waals surface area contributed by atoms with E-state index in [1.807, 2.05) is 19.9 Å². The Labute approximate surface area is 166 Å². The predicted octanol–water partition coefficient (Wildman–Crippen LogP) is 3.91. The highest BCUT2D eigenvalue weighted by Crippen LogP contribution is 2.26. The first kappa shape index (κ1) is 19.2. The van der Waals surface area contributed by atoms with Gasteiger partial charge in [-0.2, -0.15) is 0 Å². The van der Waals surface area contributed by atoms with Crippen LogP contribution in [0, 0.1) is 0 Å². The summed E-state index contributed by atoms with van der Waals surface area (Å²) in [4.78, 5) is 45.1. The van der Waals surface area contributed by atoms with Crippen LogP contribution >= 0.6 is 15.9 Å². The number of carbonyl (C=O) groups excluding carboxylic acids is 3. The van der Waals surface area contributed by atoms with Gasteiger partial charge >= 0.3 is 0 Å². The molecule has 2 aromatic rings. The lowest BCUT2D eigenvalue weighted by Gasteiger charge is -2.20. The topological polar surface area (TPSA) is 70.6 Å². The number of nitrogens with zero attached hydrogens (tertiary/aromatic N) is 3. The van der Waals surface area contributed by atoms with Crippen molar-refractivity contribution in [1.29, 1.82) is 0 Å².